The van der Waals surface area contributed by atoms with Crippen LogP contribution in [0, 0.1) is 17.6 Å². The molecule has 0 radical (unpaired) electrons. The third-order valence-electron chi connectivity index (χ3n) is 4.42. The van der Waals surface area contributed by atoms with Crippen LogP contribution in [0.4, 0.5) is 14.5 Å². The number of amides is 1. The van der Waals surface area contributed by atoms with Crippen molar-refractivity contribution in [2.75, 3.05) is 25.0 Å². The Balaban J connectivity index is 1.47. The quantitative estimate of drug-likeness (QED) is 0.692. The number of hydrogen-bond donors (Lipinski definition) is 1. The van der Waals surface area contributed by atoms with Crippen molar-refractivity contribution in [1.29, 1.82) is 0 Å². The molecule has 1 fully saturated rings. The van der Waals surface area contributed by atoms with Gasteiger partial charge in [0.05, 0.1) is 11.6 Å². The van der Waals surface area contributed by atoms with E-state index in [4.69, 9.17) is 4.74 Å². The van der Waals surface area contributed by atoms with Gasteiger partial charge < -0.3 is 10.1 Å². The fraction of sp³-hybridized carbons (Fsp3) is 0.333. The SMILES string of the molecule is O=C(COC(=O)C1CCN(S(=O)(=O)c2cccs2)CC1)Nc1cc(F)ccc1F. The molecule has 2 heterocycles. The topological polar surface area (TPSA) is 92.8 Å². The van der Waals surface area contributed by atoms with Crippen LogP contribution in [0.15, 0.2) is 39.9 Å². The number of carbonyl (C=O) groups excluding carboxylic acids is 2. The molecule has 0 saturated carbocycles. The van der Waals surface area contributed by atoms with Crippen LogP contribution in [0.25, 0.3) is 0 Å². The van der Waals surface area contributed by atoms with E-state index in [1.807, 2.05) is 0 Å². The van der Waals surface area contributed by atoms with Crippen molar-refractivity contribution >= 4 is 38.9 Å². The van der Waals surface area contributed by atoms with E-state index in [-0.39, 0.29) is 35.8 Å². The first kappa shape index (κ1) is 21.3. The molecule has 0 bridgehead atoms. The van der Waals surface area contributed by atoms with Crippen LogP contribution in [0.1, 0.15) is 12.8 Å². The van der Waals surface area contributed by atoms with Crippen LogP contribution >= 0.6 is 11.3 Å². The van der Waals surface area contributed by atoms with Gasteiger partial charge in [0.15, 0.2) is 6.61 Å². The number of sulfonamides is 1. The fourth-order valence-corrected chi connectivity index (χ4v) is 5.52. The average Bonchev–Trinajstić information content (AvgIpc) is 3.25. The number of anilines is 1. The zero-order chi connectivity index (χ0) is 21.0. The zero-order valence-corrected chi connectivity index (χ0v) is 16.8. The number of ether oxygens (including phenoxy) is 1. The summed E-state index contributed by atoms with van der Waals surface area (Å²) in [5.41, 5.74) is -0.349. The van der Waals surface area contributed by atoms with Crippen LogP contribution in [-0.2, 0) is 24.3 Å². The second kappa shape index (κ2) is 8.97. The Morgan fingerprint density at radius 1 is 1.21 bits per heavy atom. The summed E-state index contributed by atoms with van der Waals surface area (Å²) < 4.78 is 58.1. The molecule has 0 spiro atoms. The van der Waals surface area contributed by atoms with Gasteiger partial charge >= 0.3 is 5.97 Å². The molecule has 29 heavy (non-hydrogen) atoms. The number of rotatable bonds is 6. The lowest BCUT2D eigenvalue weighted by molar-refractivity contribution is -0.152. The van der Waals surface area contributed by atoms with Gasteiger partial charge in [-0.25, -0.2) is 17.2 Å². The molecule has 1 amide bonds. The maximum atomic E-state index is 13.5. The first-order valence-electron chi connectivity index (χ1n) is 8.72. The smallest absolute Gasteiger partial charge is 0.309 e. The number of piperidine rings is 1. The fourth-order valence-electron chi connectivity index (χ4n) is 2.90. The first-order valence-corrected chi connectivity index (χ1v) is 11.0. The third-order valence-corrected chi connectivity index (χ3v) is 7.70. The zero-order valence-electron chi connectivity index (χ0n) is 15.1. The van der Waals surface area contributed by atoms with Gasteiger partial charge in [0.2, 0.25) is 0 Å². The van der Waals surface area contributed by atoms with Crippen molar-refractivity contribution in [2.45, 2.75) is 17.1 Å². The maximum absolute atomic E-state index is 13.5. The largest absolute Gasteiger partial charge is 0.455 e. The summed E-state index contributed by atoms with van der Waals surface area (Å²) in [6.45, 7) is -0.316. The van der Waals surface area contributed by atoms with Gasteiger partial charge in [-0.15, -0.1) is 11.3 Å². The monoisotopic (exact) mass is 444 g/mol. The molecule has 1 N–H and O–H groups in total. The summed E-state index contributed by atoms with van der Waals surface area (Å²) in [7, 11) is -3.57. The molecule has 0 atom stereocenters. The van der Waals surface area contributed by atoms with E-state index in [0.717, 1.165) is 29.5 Å². The molecule has 1 aromatic heterocycles. The molecule has 3 rings (SSSR count). The van der Waals surface area contributed by atoms with Crippen LogP contribution in [0.5, 0.6) is 0 Å². The summed E-state index contributed by atoms with van der Waals surface area (Å²) in [6.07, 6.45) is 0.535. The van der Waals surface area contributed by atoms with Crippen LogP contribution in [0.3, 0.4) is 0 Å². The Hall–Kier alpha value is -2.37. The highest BCUT2D eigenvalue weighted by Crippen LogP contribution is 2.26. The highest BCUT2D eigenvalue weighted by Gasteiger charge is 2.33. The second-order valence-electron chi connectivity index (χ2n) is 6.39. The lowest BCUT2D eigenvalue weighted by atomic mass is 9.98. The van der Waals surface area contributed by atoms with Crippen molar-refractivity contribution in [2.24, 2.45) is 5.92 Å². The van der Waals surface area contributed by atoms with E-state index < -0.39 is 46.1 Å². The molecule has 1 aromatic carbocycles. The summed E-state index contributed by atoms with van der Waals surface area (Å²) in [5.74, 6) is -3.51. The molecular weight excluding hydrogens is 426 g/mol. The van der Waals surface area contributed by atoms with Gasteiger partial charge in [-0.2, -0.15) is 4.31 Å². The molecule has 1 aliphatic rings. The Morgan fingerprint density at radius 2 is 1.93 bits per heavy atom. The van der Waals surface area contributed by atoms with E-state index >= 15 is 0 Å². The van der Waals surface area contributed by atoms with Crippen molar-refractivity contribution in [3.63, 3.8) is 0 Å². The van der Waals surface area contributed by atoms with Gasteiger partial charge in [0, 0.05) is 19.2 Å². The minimum atomic E-state index is -3.57. The van der Waals surface area contributed by atoms with Crippen LogP contribution in [-0.4, -0.2) is 44.3 Å². The number of halogens is 2. The minimum absolute atomic E-state index is 0.167. The molecule has 7 nitrogen and oxygen atoms in total. The normalized spacial score (nSPS) is 15.8. The molecule has 0 unspecified atom stereocenters. The Bertz CT molecular complexity index is 988. The number of carbonyl (C=O) groups is 2. The molecular formula is C18H18F2N2O5S2. The molecule has 0 aliphatic carbocycles. The number of nitrogens with zero attached hydrogens (tertiary/aromatic N) is 1. The minimum Gasteiger partial charge on any atom is -0.455 e. The summed E-state index contributed by atoms with van der Waals surface area (Å²) in [4.78, 5) is 24.0. The molecule has 2 aromatic rings. The van der Waals surface area contributed by atoms with Crippen molar-refractivity contribution in [3.8, 4) is 0 Å². The van der Waals surface area contributed by atoms with Crippen molar-refractivity contribution < 1.29 is 31.5 Å². The number of hydrogen-bond acceptors (Lipinski definition) is 6. The Kier molecular flexibility index (Phi) is 6.60. The summed E-state index contributed by atoms with van der Waals surface area (Å²) in [5, 5.41) is 3.81. The summed E-state index contributed by atoms with van der Waals surface area (Å²) >= 11 is 1.13. The highest BCUT2D eigenvalue weighted by atomic mass is 32.2. The molecule has 156 valence electrons. The number of benzene rings is 1. The van der Waals surface area contributed by atoms with E-state index in [1.54, 1.807) is 11.4 Å². The molecule has 11 heteroatoms. The van der Waals surface area contributed by atoms with Gasteiger partial charge in [-0.3, -0.25) is 9.59 Å². The lowest BCUT2D eigenvalue weighted by Crippen LogP contribution is -2.40. The van der Waals surface area contributed by atoms with Crippen LogP contribution < -0.4 is 5.32 Å². The van der Waals surface area contributed by atoms with Crippen molar-refractivity contribution in [3.05, 3.63) is 47.3 Å². The highest BCUT2D eigenvalue weighted by molar-refractivity contribution is 7.91. The first-order chi connectivity index (χ1) is 13.8. The van der Waals surface area contributed by atoms with Crippen molar-refractivity contribution in [1.82, 2.24) is 4.31 Å². The Morgan fingerprint density at radius 3 is 2.59 bits per heavy atom. The maximum Gasteiger partial charge on any atom is 0.309 e. The number of nitrogens with one attached hydrogen (secondary N) is 1. The number of esters is 1. The predicted molar refractivity (Wildman–Crippen MR) is 102 cm³/mol. The standard InChI is InChI=1S/C18H18F2N2O5S2/c19-13-3-4-14(20)15(10-13)21-16(23)11-27-18(24)12-5-7-22(8-6-12)29(25,26)17-2-1-9-28-17/h1-4,9-10,12H,5-8,11H2,(H,21,23). The average molecular weight is 444 g/mol. The molecule has 1 aliphatic heterocycles. The third kappa shape index (κ3) is 5.17. The van der Waals surface area contributed by atoms with Gasteiger partial charge in [0.1, 0.15) is 15.8 Å². The van der Waals surface area contributed by atoms with Crippen LogP contribution in [0.2, 0.25) is 0 Å². The molecule has 1 saturated heterocycles. The van der Waals surface area contributed by atoms with Gasteiger partial charge in [-0.05, 0) is 36.4 Å². The van der Waals surface area contributed by atoms with E-state index in [2.05, 4.69) is 5.32 Å². The Labute approximate surface area is 170 Å². The summed E-state index contributed by atoms with van der Waals surface area (Å²) in [6, 6.07) is 5.78. The van der Waals surface area contributed by atoms with Gasteiger partial charge in [0.25, 0.3) is 15.9 Å². The predicted octanol–water partition coefficient (Wildman–Crippen LogP) is 2.61. The number of thiophene rings is 1. The van der Waals surface area contributed by atoms with E-state index in [0.29, 0.717) is 0 Å². The van der Waals surface area contributed by atoms with E-state index in [9.17, 15) is 26.8 Å². The van der Waals surface area contributed by atoms with Gasteiger partial charge in [-0.1, -0.05) is 6.07 Å². The second-order valence-corrected chi connectivity index (χ2v) is 9.50. The lowest BCUT2D eigenvalue weighted by Gasteiger charge is -2.29. The van der Waals surface area contributed by atoms with E-state index in [1.165, 1.54) is 10.4 Å².